The first-order valence-electron chi connectivity index (χ1n) is 7.21. The Balaban J connectivity index is 2.02. The van der Waals surface area contributed by atoms with Crippen molar-refractivity contribution in [3.63, 3.8) is 0 Å². The molecule has 1 heterocycles. The third-order valence-electron chi connectivity index (χ3n) is 3.51. The van der Waals surface area contributed by atoms with E-state index in [1.54, 1.807) is 23.9 Å². The zero-order valence-corrected chi connectivity index (χ0v) is 15.6. The van der Waals surface area contributed by atoms with Crippen LogP contribution in [0.1, 0.15) is 17.9 Å². The average molecular weight is 413 g/mol. The van der Waals surface area contributed by atoms with E-state index >= 15 is 0 Å². The number of benzene rings is 2. The summed E-state index contributed by atoms with van der Waals surface area (Å²) in [4.78, 5) is 14.2. The first kappa shape index (κ1) is 16.7. The molecule has 2 aromatic rings. The molecule has 0 spiro atoms. The molecule has 0 aromatic heterocycles. The highest BCUT2D eigenvalue weighted by atomic mass is 79.9. The Morgan fingerprint density at radius 3 is 2.74 bits per heavy atom. The fourth-order valence-electron chi connectivity index (χ4n) is 2.53. The van der Waals surface area contributed by atoms with Gasteiger partial charge in [0.2, 0.25) is 5.91 Å². The van der Waals surface area contributed by atoms with Crippen LogP contribution >= 0.6 is 39.3 Å². The molecule has 0 bridgehead atoms. The van der Waals surface area contributed by atoms with Crippen molar-refractivity contribution in [2.45, 2.75) is 12.3 Å². The van der Waals surface area contributed by atoms with Crippen molar-refractivity contribution in [2.24, 2.45) is 0 Å². The lowest BCUT2D eigenvalue weighted by molar-refractivity contribution is -0.115. The summed E-state index contributed by atoms with van der Waals surface area (Å²) < 4.78 is 6.71. The van der Waals surface area contributed by atoms with Crippen molar-refractivity contribution in [1.29, 1.82) is 0 Å². The van der Waals surface area contributed by atoms with Crippen LogP contribution in [-0.4, -0.2) is 18.3 Å². The first-order valence-corrected chi connectivity index (χ1v) is 9.43. The van der Waals surface area contributed by atoms with Crippen molar-refractivity contribution < 1.29 is 9.53 Å². The van der Waals surface area contributed by atoms with Crippen LogP contribution in [-0.2, 0) is 4.79 Å². The van der Waals surface area contributed by atoms with Gasteiger partial charge in [-0.05, 0) is 49.4 Å². The van der Waals surface area contributed by atoms with Crippen molar-refractivity contribution in [1.82, 2.24) is 0 Å². The van der Waals surface area contributed by atoms with Crippen molar-refractivity contribution in [3.8, 4) is 5.75 Å². The van der Waals surface area contributed by atoms with Crippen LogP contribution in [0, 0.1) is 0 Å². The largest absolute Gasteiger partial charge is 0.493 e. The van der Waals surface area contributed by atoms with Gasteiger partial charge >= 0.3 is 0 Å². The quantitative estimate of drug-likeness (QED) is 0.684. The number of thioether (sulfide) groups is 1. The van der Waals surface area contributed by atoms with Crippen LogP contribution in [0.15, 0.2) is 46.9 Å². The van der Waals surface area contributed by atoms with Crippen LogP contribution in [0.25, 0.3) is 0 Å². The fourth-order valence-corrected chi connectivity index (χ4v) is 4.23. The molecule has 1 fully saturated rings. The van der Waals surface area contributed by atoms with Crippen molar-refractivity contribution >= 4 is 50.9 Å². The number of carbonyl (C=O) groups is 1. The number of halogens is 2. The summed E-state index contributed by atoms with van der Waals surface area (Å²) >= 11 is 11.1. The van der Waals surface area contributed by atoms with E-state index < -0.39 is 0 Å². The predicted octanol–water partition coefficient (Wildman–Crippen LogP) is 5.28. The Hall–Kier alpha value is -1.17. The highest BCUT2D eigenvalue weighted by Gasteiger charge is 2.35. The van der Waals surface area contributed by atoms with Gasteiger partial charge in [0.1, 0.15) is 11.1 Å². The normalized spacial score (nSPS) is 17.6. The monoisotopic (exact) mass is 411 g/mol. The van der Waals surface area contributed by atoms with Crippen molar-refractivity contribution in [2.75, 3.05) is 17.3 Å². The zero-order chi connectivity index (χ0) is 16.4. The van der Waals surface area contributed by atoms with Gasteiger partial charge in [-0.2, -0.15) is 0 Å². The molecule has 3 rings (SSSR count). The van der Waals surface area contributed by atoms with Crippen LogP contribution in [0.2, 0.25) is 5.02 Å². The van der Waals surface area contributed by atoms with Gasteiger partial charge in [0.15, 0.2) is 0 Å². The number of nitrogens with zero attached hydrogens (tertiary/aromatic N) is 1. The maximum Gasteiger partial charge on any atom is 0.238 e. The molecule has 0 radical (unpaired) electrons. The molecule has 2 aromatic carbocycles. The highest BCUT2D eigenvalue weighted by Crippen LogP contribution is 2.45. The summed E-state index contributed by atoms with van der Waals surface area (Å²) in [5, 5.41) is 0.546. The molecule has 120 valence electrons. The van der Waals surface area contributed by atoms with Crippen LogP contribution in [0.5, 0.6) is 5.75 Å². The summed E-state index contributed by atoms with van der Waals surface area (Å²) in [6.45, 7) is 2.54. The summed E-state index contributed by atoms with van der Waals surface area (Å²) in [5.41, 5.74) is 1.84. The van der Waals surface area contributed by atoms with Gasteiger partial charge < -0.3 is 4.74 Å². The molecular weight excluding hydrogens is 398 g/mol. The second-order valence-electron chi connectivity index (χ2n) is 5.02. The Morgan fingerprint density at radius 2 is 2.04 bits per heavy atom. The SMILES string of the molecule is CCOc1ccc(Br)cc1[C@H]1SCC(=O)N1c1ccc(Cl)cc1. The minimum Gasteiger partial charge on any atom is -0.493 e. The Kier molecular flexibility index (Phi) is 5.19. The number of ether oxygens (including phenoxy) is 1. The summed E-state index contributed by atoms with van der Waals surface area (Å²) in [6.07, 6.45) is 0. The van der Waals surface area contributed by atoms with E-state index in [1.165, 1.54) is 0 Å². The number of amides is 1. The third-order valence-corrected chi connectivity index (χ3v) is 5.45. The average Bonchev–Trinajstić information content (AvgIpc) is 2.92. The van der Waals surface area contributed by atoms with E-state index in [4.69, 9.17) is 16.3 Å². The lowest BCUT2D eigenvalue weighted by Gasteiger charge is -2.26. The summed E-state index contributed by atoms with van der Waals surface area (Å²) in [5.74, 6) is 1.34. The van der Waals surface area contributed by atoms with E-state index in [2.05, 4.69) is 15.9 Å². The topological polar surface area (TPSA) is 29.5 Å². The maximum absolute atomic E-state index is 12.4. The molecular formula is C17H15BrClNO2S. The molecule has 0 saturated carbocycles. The number of rotatable bonds is 4. The molecule has 3 nitrogen and oxygen atoms in total. The second kappa shape index (κ2) is 7.16. The molecule has 0 unspecified atom stereocenters. The van der Waals surface area contributed by atoms with Crippen LogP contribution < -0.4 is 9.64 Å². The fraction of sp³-hybridized carbons (Fsp3) is 0.235. The van der Waals surface area contributed by atoms with E-state index in [9.17, 15) is 4.79 Å². The highest BCUT2D eigenvalue weighted by molar-refractivity contribution is 9.10. The van der Waals surface area contributed by atoms with Crippen LogP contribution in [0.3, 0.4) is 0 Å². The lowest BCUT2D eigenvalue weighted by Crippen LogP contribution is -2.28. The van der Waals surface area contributed by atoms with Gasteiger partial charge in [0.05, 0.1) is 12.4 Å². The van der Waals surface area contributed by atoms with E-state index in [1.807, 2.05) is 42.2 Å². The van der Waals surface area contributed by atoms with Gasteiger partial charge in [0.25, 0.3) is 0 Å². The van der Waals surface area contributed by atoms with Gasteiger partial charge in [-0.15, -0.1) is 11.8 Å². The lowest BCUT2D eigenvalue weighted by atomic mass is 10.1. The molecule has 23 heavy (non-hydrogen) atoms. The summed E-state index contributed by atoms with van der Waals surface area (Å²) in [7, 11) is 0. The van der Waals surface area contributed by atoms with Crippen LogP contribution in [0.4, 0.5) is 5.69 Å². The molecule has 1 saturated heterocycles. The van der Waals surface area contributed by atoms with E-state index in [-0.39, 0.29) is 11.3 Å². The zero-order valence-electron chi connectivity index (χ0n) is 12.5. The Labute approximate surface area is 153 Å². The molecule has 0 aliphatic carbocycles. The third kappa shape index (κ3) is 3.52. The van der Waals surface area contributed by atoms with Gasteiger partial charge in [-0.1, -0.05) is 27.5 Å². The van der Waals surface area contributed by atoms with Crippen molar-refractivity contribution in [3.05, 3.63) is 57.5 Å². The number of hydrogen-bond acceptors (Lipinski definition) is 3. The predicted molar refractivity (Wildman–Crippen MR) is 99.4 cm³/mol. The minimum absolute atomic E-state index is 0.0877. The van der Waals surface area contributed by atoms with Gasteiger partial charge in [0, 0.05) is 20.7 Å². The molecule has 1 atom stereocenters. The second-order valence-corrected chi connectivity index (χ2v) is 7.44. The number of carbonyl (C=O) groups excluding carboxylic acids is 1. The number of hydrogen-bond donors (Lipinski definition) is 0. The molecule has 6 heteroatoms. The Morgan fingerprint density at radius 1 is 1.30 bits per heavy atom. The summed E-state index contributed by atoms with van der Waals surface area (Å²) in [6, 6.07) is 13.2. The molecule has 1 aliphatic rings. The minimum atomic E-state index is -0.109. The standard InChI is InChI=1S/C17H15BrClNO2S/c1-2-22-15-8-3-11(18)9-14(15)17-20(16(21)10-23-17)13-6-4-12(19)5-7-13/h3-9,17H,2,10H2,1H3/t17-/m1/s1. The smallest absolute Gasteiger partial charge is 0.238 e. The van der Waals surface area contributed by atoms with E-state index in [0.29, 0.717) is 17.4 Å². The molecule has 1 aliphatic heterocycles. The molecule has 1 amide bonds. The molecule has 0 N–H and O–H groups in total. The first-order chi connectivity index (χ1) is 11.1. The van der Waals surface area contributed by atoms with E-state index in [0.717, 1.165) is 21.5 Å². The Bertz CT molecular complexity index is 723. The maximum atomic E-state index is 12.4. The number of anilines is 1. The van der Waals surface area contributed by atoms with Gasteiger partial charge in [-0.25, -0.2) is 0 Å². The van der Waals surface area contributed by atoms with Gasteiger partial charge in [-0.3, -0.25) is 9.69 Å².